The number of hydrogen-bond acceptors (Lipinski definition) is 6. The van der Waals surface area contributed by atoms with Crippen molar-refractivity contribution in [3.8, 4) is 0 Å². The van der Waals surface area contributed by atoms with Crippen molar-refractivity contribution in [2.45, 2.75) is 4.90 Å². The van der Waals surface area contributed by atoms with Gasteiger partial charge in [0.2, 0.25) is 0 Å². The van der Waals surface area contributed by atoms with Crippen LogP contribution < -0.4 is 16.0 Å². The average Bonchev–Trinajstić information content (AvgIpc) is 2.47. The van der Waals surface area contributed by atoms with Crippen LogP contribution in [0.3, 0.4) is 0 Å². The van der Waals surface area contributed by atoms with Gasteiger partial charge in [0.25, 0.3) is 15.7 Å². The Hall–Kier alpha value is -2.36. The minimum absolute atomic E-state index is 0.0134. The molecule has 0 heterocycles. The highest BCUT2D eigenvalue weighted by Crippen LogP contribution is 2.28. The minimum Gasteiger partial charge on any atom is -0.318 e. The molecule has 0 aliphatic heterocycles. The quantitative estimate of drug-likeness (QED) is 0.434. The number of anilines is 2. The Morgan fingerprint density at radius 2 is 1.77 bits per heavy atom. The topological polar surface area (TPSA) is 127 Å². The first-order valence-corrected chi connectivity index (χ1v) is 7.73. The van der Waals surface area contributed by atoms with E-state index in [1.165, 1.54) is 36.4 Å². The number of sulfonamides is 1. The van der Waals surface area contributed by atoms with Crippen LogP contribution in [-0.4, -0.2) is 13.3 Å². The number of nitrogens with one attached hydrogen (secondary N) is 2. The fourth-order valence-corrected chi connectivity index (χ4v) is 2.87. The Bertz CT molecular complexity index is 808. The fourth-order valence-electron chi connectivity index (χ4n) is 1.70. The van der Waals surface area contributed by atoms with Crippen LogP contribution in [0.1, 0.15) is 0 Å². The van der Waals surface area contributed by atoms with Crippen molar-refractivity contribution in [3.63, 3.8) is 0 Å². The molecule has 0 saturated carbocycles. The van der Waals surface area contributed by atoms with Gasteiger partial charge in [0, 0.05) is 11.1 Å². The largest absolute Gasteiger partial charge is 0.318 e. The second-order valence-electron chi connectivity index (χ2n) is 4.19. The maximum Gasteiger partial charge on any atom is 0.295 e. The lowest BCUT2D eigenvalue weighted by molar-refractivity contribution is -0.383. The van der Waals surface area contributed by atoms with E-state index in [2.05, 4.69) is 10.1 Å². The molecule has 0 aliphatic carbocycles. The van der Waals surface area contributed by atoms with Gasteiger partial charge in [0.05, 0.1) is 15.5 Å². The van der Waals surface area contributed by atoms with E-state index in [0.717, 1.165) is 6.07 Å². The van der Waals surface area contributed by atoms with Crippen molar-refractivity contribution in [2.75, 3.05) is 10.1 Å². The molecule has 2 aromatic carbocycles. The molecule has 0 aliphatic rings. The van der Waals surface area contributed by atoms with E-state index < -0.39 is 14.9 Å². The highest BCUT2D eigenvalue weighted by atomic mass is 35.5. The Balaban J connectivity index is 2.35. The molecule has 0 aromatic heterocycles. The number of hydrogen-bond donors (Lipinski definition) is 3. The molecule has 10 heteroatoms. The zero-order valence-corrected chi connectivity index (χ0v) is 12.6. The molecule has 2 aromatic rings. The Labute approximate surface area is 131 Å². The predicted octanol–water partition coefficient (Wildman–Crippen LogP) is 2.33. The zero-order chi connectivity index (χ0) is 16.3. The molecule has 0 radical (unpaired) electrons. The number of nitrogens with two attached hydrogens (primary N) is 1. The van der Waals surface area contributed by atoms with Gasteiger partial charge >= 0.3 is 0 Å². The second kappa shape index (κ2) is 6.18. The molecule has 22 heavy (non-hydrogen) atoms. The third-order valence-corrected chi connectivity index (χ3v) is 4.38. The second-order valence-corrected chi connectivity index (χ2v) is 6.31. The summed E-state index contributed by atoms with van der Waals surface area (Å²) in [5.74, 6) is 5.17. The summed E-state index contributed by atoms with van der Waals surface area (Å²) >= 11 is 5.70. The van der Waals surface area contributed by atoms with E-state index in [-0.39, 0.29) is 22.0 Å². The monoisotopic (exact) mass is 342 g/mol. The third kappa shape index (κ3) is 3.45. The van der Waals surface area contributed by atoms with Gasteiger partial charge in [-0.1, -0.05) is 11.6 Å². The molecule has 0 amide bonds. The van der Waals surface area contributed by atoms with Crippen molar-refractivity contribution >= 4 is 38.7 Å². The summed E-state index contributed by atoms with van der Waals surface area (Å²) in [6.45, 7) is 0. The van der Waals surface area contributed by atoms with E-state index >= 15 is 0 Å². The lowest BCUT2D eigenvalue weighted by atomic mass is 10.2. The van der Waals surface area contributed by atoms with E-state index in [0.29, 0.717) is 5.02 Å². The minimum atomic E-state index is -3.88. The predicted molar refractivity (Wildman–Crippen MR) is 83.2 cm³/mol. The summed E-state index contributed by atoms with van der Waals surface area (Å²) in [4.78, 5) is 10.2. The Morgan fingerprint density at radius 3 is 2.32 bits per heavy atom. The SMILES string of the molecule is NNc1ccc(NS(=O)(=O)c2ccc(Cl)cc2)cc1[N+](=O)[O-]. The van der Waals surface area contributed by atoms with Crippen LogP contribution in [0.4, 0.5) is 17.1 Å². The molecular weight excluding hydrogens is 332 g/mol. The van der Waals surface area contributed by atoms with Gasteiger partial charge in [-0.25, -0.2) is 8.42 Å². The molecule has 116 valence electrons. The average molecular weight is 343 g/mol. The van der Waals surface area contributed by atoms with Gasteiger partial charge < -0.3 is 5.43 Å². The summed E-state index contributed by atoms with van der Waals surface area (Å²) in [6.07, 6.45) is 0. The molecule has 4 N–H and O–H groups in total. The number of nitrogen functional groups attached to an aromatic ring is 1. The van der Waals surface area contributed by atoms with Crippen LogP contribution in [0.15, 0.2) is 47.4 Å². The van der Waals surface area contributed by atoms with Crippen molar-refractivity contribution in [3.05, 3.63) is 57.6 Å². The van der Waals surface area contributed by atoms with Gasteiger partial charge in [0.15, 0.2) is 0 Å². The summed E-state index contributed by atoms with van der Waals surface area (Å²) in [7, 11) is -3.88. The molecule has 0 fully saturated rings. The van der Waals surface area contributed by atoms with Crippen molar-refractivity contribution in [2.24, 2.45) is 5.84 Å². The highest BCUT2D eigenvalue weighted by molar-refractivity contribution is 7.92. The lowest BCUT2D eigenvalue weighted by Crippen LogP contribution is -2.14. The molecule has 0 spiro atoms. The van der Waals surface area contributed by atoms with Crippen molar-refractivity contribution < 1.29 is 13.3 Å². The number of hydrazine groups is 1. The number of benzene rings is 2. The summed E-state index contributed by atoms with van der Waals surface area (Å²) in [5.41, 5.74) is 1.93. The van der Waals surface area contributed by atoms with Crippen LogP contribution in [0.5, 0.6) is 0 Å². The first-order valence-electron chi connectivity index (χ1n) is 5.87. The number of nitro groups is 1. The maximum absolute atomic E-state index is 12.2. The van der Waals surface area contributed by atoms with Gasteiger partial charge in [0.1, 0.15) is 5.69 Å². The number of nitrogens with zero attached hydrogens (tertiary/aromatic N) is 1. The maximum atomic E-state index is 12.2. The van der Waals surface area contributed by atoms with Crippen LogP contribution >= 0.6 is 11.6 Å². The molecule has 0 atom stereocenters. The molecule has 2 rings (SSSR count). The van der Waals surface area contributed by atoms with Crippen LogP contribution in [-0.2, 0) is 10.0 Å². The number of rotatable bonds is 5. The van der Waals surface area contributed by atoms with E-state index in [4.69, 9.17) is 17.4 Å². The summed E-state index contributed by atoms with van der Waals surface area (Å²) in [5, 5.41) is 11.3. The lowest BCUT2D eigenvalue weighted by Gasteiger charge is -2.09. The molecule has 0 unspecified atom stereocenters. The van der Waals surface area contributed by atoms with Crippen molar-refractivity contribution in [1.29, 1.82) is 0 Å². The zero-order valence-electron chi connectivity index (χ0n) is 11.0. The fraction of sp³-hybridized carbons (Fsp3) is 0. The molecule has 8 nitrogen and oxygen atoms in total. The van der Waals surface area contributed by atoms with E-state index in [1.54, 1.807) is 0 Å². The third-order valence-electron chi connectivity index (χ3n) is 2.73. The first kappa shape index (κ1) is 16.0. The first-order chi connectivity index (χ1) is 10.3. The van der Waals surface area contributed by atoms with E-state index in [1.807, 2.05) is 0 Å². The Kier molecular flexibility index (Phi) is 4.50. The molecular formula is C12H11ClN4O4S. The van der Waals surface area contributed by atoms with Gasteiger partial charge in [-0.2, -0.15) is 0 Å². The van der Waals surface area contributed by atoms with Crippen LogP contribution in [0.25, 0.3) is 0 Å². The molecule has 0 saturated heterocycles. The smallest absolute Gasteiger partial charge is 0.295 e. The van der Waals surface area contributed by atoms with Gasteiger partial charge in [-0.15, -0.1) is 0 Å². The van der Waals surface area contributed by atoms with Crippen molar-refractivity contribution in [1.82, 2.24) is 0 Å². The summed E-state index contributed by atoms with van der Waals surface area (Å²) in [6, 6.07) is 9.25. The van der Waals surface area contributed by atoms with Gasteiger partial charge in [-0.3, -0.25) is 20.7 Å². The summed E-state index contributed by atoms with van der Waals surface area (Å²) < 4.78 is 26.6. The standard InChI is InChI=1S/C12H11ClN4O4S/c13-8-1-4-10(5-2-8)22(20,21)16-9-3-6-11(15-14)12(7-9)17(18)19/h1-7,15-16H,14H2. The van der Waals surface area contributed by atoms with Crippen LogP contribution in [0, 0.1) is 10.1 Å². The van der Waals surface area contributed by atoms with Gasteiger partial charge in [-0.05, 0) is 36.4 Å². The molecule has 0 bridgehead atoms. The van der Waals surface area contributed by atoms with E-state index in [9.17, 15) is 18.5 Å². The van der Waals surface area contributed by atoms with Crippen LogP contribution in [0.2, 0.25) is 5.02 Å². The Morgan fingerprint density at radius 1 is 1.14 bits per heavy atom. The highest BCUT2D eigenvalue weighted by Gasteiger charge is 2.18. The normalized spacial score (nSPS) is 11.0. The number of halogens is 1. The number of nitro benzene ring substituents is 1.